The predicted molar refractivity (Wildman–Crippen MR) is 84.0 cm³/mol. The van der Waals surface area contributed by atoms with E-state index >= 15 is 0 Å². The number of thiazole rings is 1. The van der Waals surface area contributed by atoms with Gasteiger partial charge in [-0.25, -0.2) is 4.98 Å². The number of ketones is 1. The van der Waals surface area contributed by atoms with Crippen molar-refractivity contribution in [3.8, 4) is 0 Å². The van der Waals surface area contributed by atoms with Gasteiger partial charge < -0.3 is 5.73 Å². The fourth-order valence-electron chi connectivity index (χ4n) is 2.93. The van der Waals surface area contributed by atoms with Crippen molar-refractivity contribution in [1.29, 1.82) is 0 Å². The lowest BCUT2D eigenvalue weighted by Crippen LogP contribution is -2.33. The highest BCUT2D eigenvalue weighted by Crippen LogP contribution is 2.31. The molecule has 0 aromatic carbocycles. The molecule has 2 unspecified atom stereocenters. The van der Waals surface area contributed by atoms with Crippen molar-refractivity contribution in [1.82, 2.24) is 4.98 Å². The van der Waals surface area contributed by atoms with Gasteiger partial charge in [-0.15, -0.1) is 11.3 Å². The molecular weight excluding hydrogens is 268 g/mol. The first-order valence-electron chi connectivity index (χ1n) is 7.59. The number of nitrogens with two attached hydrogens (primary N) is 1. The van der Waals surface area contributed by atoms with Gasteiger partial charge in [0, 0.05) is 16.7 Å². The van der Waals surface area contributed by atoms with E-state index in [0.29, 0.717) is 24.7 Å². The van der Waals surface area contributed by atoms with Crippen LogP contribution in [0.3, 0.4) is 0 Å². The van der Waals surface area contributed by atoms with E-state index in [-0.39, 0.29) is 11.3 Å². The Bertz CT molecular complexity index is 461. The molecule has 1 aliphatic carbocycles. The van der Waals surface area contributed by atoms with Gasteiger partial charge in [-0.1, -0.05) is 33.6 Å². The molecule has 0 aliphatic heterocycles. The number of Topliss-reactive ketones (excluding diaryl/α,β-unsaturated/α-hetero) is 1. The normalized spacial score (nSPS) is 23.8. The lowest BCUT2D eigenvalue weighted by Gasteiger charge is -2.29. The highest BCUT2D eigenvalue weighted by Gasteiger charge is 2.30. The Morgan fingerprint density at radius 1 is 1.40 bits per heavy atom. The minimum absolute atomic E-state index is 0.0580. The van der Waals surface area contributed by atoms with Crippen molar-refractivity contribution >= 4 is 17.1 Å². The fraction of sp³-hybridized carbons (Fsp3) is 0.750. The van der Waals surface area contributed by atoms with E-state index in [1.165, 1.54) is 6.42 Å². The molecule has 4 heteroatoms. The van der Waals surface area contributed by atoms with Gasteiger partial charge in [0.15, 0.2) is 0 Å². The molecule has 1 aromatic rings. The van der Waals surface area contributed by atoms with Crippen LogP contribution < -0.4 is 5.73 Å². The van der Waals surface area contributed by atoms with Crippen molar-refractivity contribution in [2.45, 2.75) is 58.3 Å². The Labute approximate surface area is 126 Å². The van der Waals surface area contributed by atoms with Crippen LogP contribution in [-0.4, -0.2) is 17.3 Å². The average Bonchev–Trinajstić information content (AvgIpc) is 2.87. The summed E-state index contributed by atoms with van der Waals surface area (Å²) >= 11 is 1.61. The summed E-state index contributed by atoms with van der Waals surface area (Å²) in [4.78, 5) is 17.1. The summed E-state index contributed by atoms with van der Waals surface area (Å²) < 4.78 is 0. The van der Waals surface area contributed by atoms with Gasteiger partial charge in [-0.05, 0) is 25.3 Å². The second kappa shape index (κ2) is 6.35. The van der Waals surface area contributed by atoms with Crippen molar-refractivity contribution in [3.05, 3.63) is 16.1 Å². The zero-order valence-corrected chi connectivity index (χ0v) is 13.6. The van der Waals surface area contributed by atoms with E-state index in [1.807, 2.05) is 0 Å². The molecule has 0 spiro atoms. The first-order chi connectivity index (χ1) is 9.41. The molecule has 0 amide bonds. The van der Waals surface area contributed by atoms with Crippen molar-refractivity contribution in [3.63, 3.8) is 0 Å². The van der Waals surface area contributed by atoms with Gasteiger partial charge in [0.25, 0.3) is 0 Å². The Kier molecular flexibility index (Phi) is 4.97. The van der Waals surface area contributed by atoms with Crippen molar-refractivity contribution in [2.24, 2.45) is 17.6 Å². The quantitative estimate of drug-likeness (QED) is 0.927. The Morgan fingerprint density at radius 2 is 2.10 bits per heavy atom. The zero-order chi connectivity index (χ0) is 14.8. The molecule has 2 atom stereocenters. The summed E-state index contributed by atoms with van der Waals surface area (Å²) in [5.74, 6) is 0.893. The van der Waals surface area contributed by atoms with E-state index in [1.54, 1.807) is 11.3 Å². The third-order valence-corrected chi connectivity index (χ3v) is 5.12. The zero-order valence-electron chi connectivity index (χ0n) is 12.8. The number of carbonyl (C=O) groups is 1. The van der Waals surface area contributed by atoms with E-state index in [2.05, 4.69) is 31.1 Å². The molecule has 1 heterocycles. The van der Waals surface area contributed by atoms with Crippen LogP contribution >= 0.6 is 11.3 Å². The van der Waals surface area contributed by atoms with Crippen LogP contribution in [0.1, 0.15) is 57.2 Å². The first kappa shape index (κ1) is 15.6. The number of aromatic nitrogens is 1. The predicted octanol–water partition coefficient (Wildman–Crippen LogP) is 3.32. The van der Waals surface area contributed by atoms with Crippen molar-refractivity contribution < 1.29 is 4.79 Å². The number of hydrogen-bond donors (Lipinski definition) is 1. The summed E-state index contributed by atoms with van der Waals surface area (Å²) in [7, 11) is 0. The standard InChI is InChI=1S/C16H26N2OS/c1-16(2,3)14-10-20-15(18-14)8-13(19)12-7-5-4-6-11(12)9-17/h10-12H,4-9,17H2,1-3H3. The molecule has 0 saturated heterocycles. The Balaban J connectivity index is 2.02. The maximum atomic E-state index is 12.5. The molecule has 20 heavy (non-hydrogen) atoms. The van der Waals surface area contributed by atoms with Gasteiger partial charge in [0.1, 0.15) is 10.8 Å². The topological polar surface area (TPSA) is 56.0 Å². The largest absolute Gasteiger partial charge is 0.330 e. The number of rotatable bonds is 4. The van der Waals surface area contributed by atoms with Crippen LogP contribution in [0.15, 0.2) is 5.38 Å². The van der Waals surface area contributed by atoms with Crippen LogP contribution in [0, 0.1) is 11.8 Å². The van der Waals surface area contributed by atoms with Gasteiger partial charge in [0.05, 0.1) is 12.1 Å². The lowest BCUT2D eigenvalue weighted by atomic mass is 9.76. The molecule has 112 valence electrons. The van der Waals surface area contributed by atoms with E-state index in [0.717, 1.165) is 30.0 Å². The Hall–Kier alpha value is -0.740. The van der Waals surface area contributed by atoms with Gasteiger partial charge in [0.2, 0.25) is 0 Å². The molecule has 3 nitrogen and oxygen atoms in total. The van der Waals surface area contributed by atoms with E-state index in [9.17, 15) is 4.79 Å². The molecule has 2 N–H and O–H groups in total. The van der Waals surface area contributed by atoms with E-state index in [4.69, 9.17) is 5.73 Å². The second-order valence-electron chi connectivity index (χ2n) is 6.91. The monoisotopic (exact) mass is 294 g/mol. The van der Waals surface area contributed by atoms with E-state index < -0.39 is 0 Å². The number of nitrogens with zero attached hydrogens (tertiary/aromatic N) is 1. The summed E-state index contributed by atoms with van der Waals surface area (Å²) in [5.41, 5.74) is 6.97. The second-order valence-corrected chi connectivity index (χ2v) is 7.85. The lowest BCUT2D eigenvalue weighted by molar-refractivity contribution is -0.124. The van der Waals surface area contributed by atoms with Gasteiger partial charge in [-0.2, -0.15) is 0 Å². The third kappa shape index (κ3) is 3.67. The van der Waals surface area contributed by atoms with Gasteiger partial charge in [-0.3, -0.25) is 4.79 Å². The molecule has 0 bridgehead atoms. The average molecular weight is 294 g/mol. The molecule has 1 aliphatic rings. The molecule has 0 radical (unpaired) electrons. The molecule has 1 fully saturated rings. The molecule has 1 saturated carbocycles. The molecule has 1 aromatic heterocycles. The summed E-state index contributed by atoms with van der Waals surface area (Å²) in [6.45, 7) is 7.10. The summed E-state index contributed by atoms with van der Waals surface area (Å²) in [6.07, 6.45) is 4.99. The van der Waals surface area contributed by atoms with Crippen LogP contribution in [-0.2, 0) is 16.6 Å². The smallest absolute Gasteiger partial charge is 0.143 e. The first-order valence-corrected chi connectivity index (χ1v) is 8.47. The third-order valence-electron chi connectivity index (χ3n) is 4.27. The molecular formula is C16H26N2OS. The van der Waals surface area contributed by atoms with Crippen LogP contribution in [0.4, 0.5) is 0 Å². The minimum Gasteiger partial charge on any atom is -0.330 e. The van der Waals surface area contributed by atoms with Crippen molar-refractivity contribution in [2.75, 3.05) is 6.54 Å². The summed E-state index contributed by atoms with van der Waals surface area (Å²) in [6, 6.07) is 0. The SMILES string of the molecule is CC(C)(C)c1csc(CC(=O)C2CCCCC2CN)n1. The molecule has 2 rings (SSSR count). The number of carbonyl (C=O) groups excluding carboxylic acids is 1. The highest BCUT2D eigenvalue weighted by atomic mass is 32.1. The van der Waals surface area contributed by atoms with Crippen LogP contribution in [0.2, 0.25) is 0 Å². The highest BCUT2D eigenvalue weighted by molar-refractivity contribution is 7.09. The maximum Gasteiger partial charge on any atom is 0.143 e. The minimum atomic E-state index is 0.0580. The van der Waals surface area contributed by atoms with Crippen LogP contribution in [0.25, 0.3) is 0 Å². The number of hydrogen-bond acceptors (Lipinski definition) is 4. The fourth-order valence-corrected chi connectivity index (χ4v) is 3.96. The van der Waals surface area contributed by atoms with Gasteiger partial charge >= 0.3 is 0 Å². The maximum absolute atomic E-state index is 12.5. The Morgan fingerprint density at radius 3 is 2.70 bits per heavy atom. The van der Waals surface area contributed by atoms with Crippen LogP contribution in [0.5, 0.6) is 0 Å². The summed E-state index contributed by atoms with van der Waals surface area (Å²) in [5, 5.41) is 3.05.